The summed E-state index contributed by atoms with van der Waals surface area (Å²) in [6.45, 7) is 0. The van der Waals surface area contributed by atoms with Gasteiger partial charge >= 0.3 is 0 Å². The van der Waals surface area contributed by atoms with E-state index < -0.39 is 23.2 Å². The van der Waals surface area contributed by atoms with Gasteiger partial charge in [-0.2, -0.15) is 0 Å². The Labute approximate surface area is 172 Å². The largest absolute Gasteiger partial charge is 0.324 e. The molecule has 4 atom stereocenters. The first kappa shape index (κ1) is 19.4. The number of amides is 1. The first-order valence-electron chi connectivity index (χ1n) is 8.79. The van der Waals surface area contributed by atoms with Gasteiger partial charge in [0.1, 0.15) is 17.1 Å². The van der Waals surface area contributed by atoms with Crippen molar-refractivity contribution < 1.29 is 14.0 Å². The van der Waals surface area contributed by atoms with Gasteiger partial charge in [0, 0.05) is 40.6 Å². The predicted molar refractivity (Wildman–Crippen MR) is 107 cm³/mol. The van der Waals surface area contributed by atoms with Crippen LogP contribution in [0.4, 0.5) is 10.1 Å². The van der Waals surface area contributed by atoms with Gasteiger partial charge < -0.3 is 5.32 Å². The lowest BCUT2D eigenvalue weighted by molar-refractivity contribution is -0.123. The number of nitrogens with one attached hydrogen (secondary N) is 2. The predicted octanol–water partition coefficient (Wildman–Crippen LogP) is 4.65. The van der Waals surface area contributed by atoms with Crippen LogP contribution in [0.5, 0.6) is 0 Å². The zero-order chi connectivity index (χ0) is 18.9. The number of anilines is 1. The van der Waals surface area contributed by atoms with Crippen molar-refractivity contribution in [2.45, 2.75) is 37.8 Å². The second kappa shape index (κ2) is 6.55. The molecule has 1 amide bonds. The zero-order valence-electron chi connectivity index (χ0n) is 14.1. The van der Waals surface area contributed by atoms with E-state index in [4.69, 9.17) is 23.2 Å². The molecule has 5 rings (SSSR count). The molecule has 28 heavy (non-hydrogen) atoms. The van der Waals surface area contributed by atoms with Crippen LogP contribution in [0.2, 0.25) is 10.0 Å². The normalized spacial score (nSPS) is 30.2. The number of carbonyl (C=O) groups is 2. The Balaban J connectivity index is 0.00000192. The third-order valence-corrected chi connectivity index (χ3v) is 6.60. The van der Waals surface area contributed by atoms with Gasteiger partial charge in [0.2, 0.25) is 5.91 Å². The van der Waals surface area contributed by atoms with Crippen LogP contribution in [0, 0.1) is 11.7 Å². The fourth-order valence-corrected chi connectivity index (χ4v) is 5.40. The summed E-state index contributed by atoms with van der Waals surface area (Å²) in [4.78, 5) is 25.9. The molecular weight excluding hydrogens is 402 g/mol. The van der Waals surface area contributed by atoms with Gasteiger partial charge in [-0.3, -0.25) is 14.9 Å². The van der Waals surface area contributed by atoms with E-state index in [1.807, 2.05) is 0 Å². The summed E-state index contributed by atoms with van der Waals surface area (Å²) < 4.78 is 15.0. The number of rotatable bonds is 1. The lowest BCUT2D eigenvalue weighted by atomic mass is 9.71. The van der Waals surface area contributed by atoms with E-state index in [1.54, 1.807) is 30.3 Å². The number of halogens is 3. The molecule has 146 valence electrons. The number of hydrogen-bond donors (Lipinski definition) is 2. The number of hydrogen-bond acceptors (Lipinski definition) is 3. The molecule has 7 heteroatoms. The van der Waals surface area contributed by atoms with E-state index in [0.717, 1.165) is 0 Å². The van der Waals surface area contributed by atoms with Crippen molar-refractivity contribution >= 4 is 40.6 Å². The summed E-state index contributed by atoms with van der Waals surface area (Å²) in [5, 5.41) is 6.72. The Morgan fingerprint density at radius 1 is 1.14 bits per heavy atom. The molecule has 0 aromatic heterocycles. The highest BCUT2D eigenvalue weighted by Gasteiger charge is 2.65. The van der Waals surface area contributed by atoms with Crippen LogP contribution in [-0.2, 0) is 15.1 Å². The quantitative estimate of drug-likeness (QED) is 0.705. The number of ketones is 1. The molecule has 2 aromatic carbocycles. The highest BCUT2D eigenvalue weighted by Crippen LogP contribution is 2.57. The van der Waals surface area contributed by atoms with Crippen molar-refractivity contribution in [3.8, 4) is 0 Å². The van der Waals surface area contributed by atoms with Crippen molar-refractivity contribution in [3.63, 3.8) is 0 Å². The molecule has 1 spiro atoms. The Hall–Kier alpha value is -1.95. The molecule has 4 nitrogen and oxygen atoms in total. The van der Waals surface area contributed by atoms with E-state index >= 15 is 4.39 Å². The molecule has 3 aliphatic rings. The summed E-state index contributed by atoms with van der Waals surface area (Å²) in [6, 6.07) is 9.68. The Bertz CT molecular complexity index is 1010. The van der Waals surface area contributed by atoms with Gasteiger partial charge in [-0.25, -0.2) is 4.39 Å². The van der Waals surface area contributed by atoms with Gasteiger partial charge in [-0.05, 0) is 30.2 Å². The molecule has 1 saturated heterocycles. The van der Waals surface area contributed by atoms with Crippen molar-refractivity contribution in [2.75, 3.05) is 5.32 Å². The highest BCUT2D eigenvalue weighted by molar-refractivity contribution is 6.31. The molecule has 2 aromatic rings. The van der Waals surface area contributed by atoms with Crippen molar-refractivity contribution in [1.29, 1.82) is 0 Å². The molecule has 0 radical (unpaired) electrons. The molecule has 0 unspecified atom stereocenters. The minimum absolute atomic E-state index is 0. The molecule has 2 N–H and O–H groups in total. The lowest BCUT2D eigenvalue weighted by Crippen LogP contribution is -2.49. The molecule has 2 aliphatic heterocycles. The number of Topliss-reactive ketones (excluding diaryl/α,β-unsaturated/α-hetero) is 1. The fourth-order valence-electron chi connectivity index (χ4n) is 5.05. The minimum Gasteiger partial charge on any atom is -0.324 e. The van der Waals surface area contributed by atoms with E-state index in [0.29, 0.717) is 29.1 Å². The topological polar surface area (TPSA) is 58.2 Å². The van der Waals surface area contributed by atoms with Crippen molar-refractivity contribution in [3.05, 3.63) is 63.4 Å². The molecule has 1 saturated carbocycles. The zero-order valence-corrected chi connectivity index (χ0v) is 15.6. The maximum atomic E-state index is 15.0. The first-order chi connectivity index (χ1) is 12.9. The van der Waals surface area contributed by atoms with Crippen LogP contribution >= 0.6 is 23.2 Å². The van der Waals surface area contributed by atoms with E-state index in [9.17, 15) is 9.59 Å². The van der Waals surface area contributed by atoms with Crippen LogP contribution in [0.25, 0.3) is 0 Å². The molecule has 0 bridgehead atoms. The van der Waals surface area contributed by atoms with E-state index in [-0.39, 0.29) is 35.7 Å². The smallest absolute Gasteiger partial charge is 0.250 e. The average molecular weight is 421 g/mol. The summed E-state index contributed by atoms with van der Waals surface area (Å²) in [5.74, 6) is -2.00. The van der Waals surface area contributed by atoms with Crippen LogP contribution < -0.4 is 10.6 Å². The summed E-state index contributed by atoms with van der Waals surface area (Å²) in [7, 11) is 0. The number of fused-ring (bicyclic) bond motifs is 3. The standard InChI is InChI=1S/C20H15Cl2FN2O2.CH4/c21-9-4-5-11-14(8-9)24-19(27)20(11)17(10-2-1-3-12(22)18(10)23)16-13(25-20)6-7-15(16)26;/h1-5,8,13,16-17,25H,6-7H2,(H,24,27);1H4/t13-,16-,17-,20+;/m1./s1. The van der Waals surface area contributed by atoms with E-state index in [1.165, 1.54) is 6.07 Å². The second-order valence-electron chi connectivity index (χ2n) is 7.35. The average Bonchev–Trinajstić information content (AvgIpc) is 3.24. The van der Waals surface area contributed by atoms with Crippen LogP contribution in [0.15, 0.2) is 36.4 Å². The fraction of sp³-hybridized carbons (Fsp3) is 0.333. The third kappa shape index (κ3) is 2.39. The van der Waals surface area contributed by atoms with Crippen molar-refractivity contribution in [1.82, 2.24) is 5.32 Å². The minimum atomic E-state index is -1.23. The summed E-state index contributed by atoms with van der Waals surface area (Å²) in [5.41, 5.74) is 0.329. The second-order valence-corrected chi connectivity index (χ2v) is 8.20. The number of benzene rings is 2. The van der Waals surface area contributed by atoms with Gasteiger partial charge in [0.15, 0.2) is 0 Å². The molecule has 1 aliphatic carbocycles. The van der Waals surface area contributed by atoms with Gasteiger partial charge in [-0.15, -0.1) is 0 Å². The van der Waals surface area contributed by atoms with E-state index in [2.05, 4.69) is 10.6 Å². The highest BCUT2D eigenvalue weighted by atomic mass is 35.5. The Morgan fingerprint density at radius 3 is 2.71 bits per heavy atom. The SMILES string of the molecule is C.O=C1CC[C@H]2N[C@]3(C(=O)Nc4cc(Cl)ccc43)[C@H](c3cccc(Cl)c3F)[C@@H]12. The van der Waals surface area contributed by atoms with Crippen LogP contribution in [-0.4, -0.2) is 17.7 Å². The Kier molecular flexibility index (Phi) is 4.53. The van der Waals surface area contributed by atoms with Crippen LogP contribution in [0.3, 0.4) is 0 Å². The maximum Gasteiger partial charge on any atom is 0.250 e. The van der Waals surface area contributed by atoms with Gasteiger partial charge in [0.25, 0.3) is 0 Å². The third-order valence-electron chi connectivity index (χ3n) is 6.08. The van der Waals surface area contributed by atoms with Crippen LogP contribution in [0.1, 0.15) is 37.3 Å². The van der Waals surface area contributed by atoms with Gasteiger partial charge in [-0.1, -0.05) is 48.8 Å². The monoisotopic (exact) mass is 420 g/mol. The first-order valence-corrected chi connectivity index (χ1v) is 9.55. The molecule has 2 fully saturated rings. The molecule has 2 heterocycles. The lowest BCUT2D eigenvalue weighted by Gasteiger charge is -2.32. The Morgan fingerprint density at radius 2 is 1.93 bits per heavy atom. The van der Waals surface area contributed by atoms with Gasteiger partial charge in [0.05, 0.1) is 5.02 Å². The summed E-state index contributed by atoms with van der Waals surface area (Å²) >= 11 is 12.1. The summed E-state index contributed by atoms with van der Waals surface area (Å²) in [6.07, 6.45) is 1.05. The van der Waals surface area contributed by atoms with Crippen molar-refractivity contribution in [2.24, 2.45) is 5.92 Å². The molecular formula is C21H19Cl2FN2O2. The maximum absolute atomic E-state index is 15.0. The number of carbonyl (C=O) groups excluding carboxylic acids is 2.